The first-order valence-electron chi connectivity index (χ1n) is 5.46. The SMILES string of the molecule is COC(=O)C[C@](C)(O)C(=O)OCc1ccccc1. The molecule has 1 atom stereocenters. The molecule has 0 fully saturated rings. The molecule has 0 heterocycles. The van der Waals surface area contributed by atoms with Gasteiger partial charge in [-0.3, -0.25) is 4.79 Å². The summed E-state index contributed by atoms with van der Waals surface area (Å²) in [5.41, 5.74) is -1.07. The summed E-state index contributed by atoms with van der Waals surface area (Å²) < 4.78 is 9.33. The molecule has 1 aromatic carbocycles. The molecule has 0 aliphatic heterocycles. The van der Waals surface area contributed by atoms with Crippen molar-refractivity contribution in [2.75, 3.05) is 7.11 Å². The Bertz CT molecular complexity index is 411. The Kier molecular flexibility index (Phi) is 4.85. The molecular formula is C13H16O5. The molecular weight excluding hydrogens is 236 g/mol. The van der Waals surface area contributed by atoms with Crippen LogP contribution < -0.4 is 0 Å². The van der Waals surface area contributed by atoms with Crippen LogP contribution in [0.25, 0.3) is 0 Å². The van der Waals surface area contributed by atoms with Crippen LogP contribution >= 0.6 is 0 Å². The fourth-order valence-electron chi connectivity index (χ4n) is 1.30. The largest absolute Gasteiger partial charge is 0.469 e. The Labute approximate surface area is 105 Å². The average molecular weight is 252 g/mol. The molecule has 18 heavy (non-hydrogen) atoms. The lowest BCUT2D eigenvalue weighted by Crippen LogP contribution is -2.39. The predicted molar refractivity (Wildman–Crippen MR) is 63.5 cm³/mol. The van der Waals surface area contributed by atoms with Gasteiger partial charge in [-0.15, -0.1) is 0 Å². The molecule has 1 N–H and O–H groups in total. The summed E-state index contributed by atoms with van der Waals surface area (Å²) in [6, 6.07) is 9.06. The lowest BCUT2D eigenvalue weighted by atomic mass is 10.0. The maximum atomic E-state index is 11.6. The number of benzene rings is 1. The third-order valence-corrected chi connectivity index (χ3v) is 2.37. The first kappa shape index (κ1) is 14.2. The van der Waals surface area contributed by atoms with Gasteiger partial charge >= 0.3 is 11.9 Å². The average Bonchev–Trinajstić information content (AvgIpc) is 2.36. The monoisotopic (exact) mass is 252 g/mol. The van der Waals surface area contributed by atoms with Crippen molar-refractivity contribution >= 4 is 11.9 Å². The van der Waals surface area contributed by atoms with Crippen molar-refractivity contribution in [3.8, 4) is 0 Å². The molecule has 0 bridgehead atoms. The highest BCUT2D eigenvalue weighted by Crippen LogP contribution is 2.14. The zero-order valence-corrected chi connectivity index (χ0v) is 10.4. The van der Waals surface area contributed by atoms with E-state index in [1.54, 1.807) is 12.1 Å². The van der Waals surface area contributed by atoms with Gasteiger partial charge in [0.15, 0.2) is 5.60 Å². The van der Waals surface area contributed by atoms with Gasteiger partial charge in [-0.05, 0) is 12.5 Å². The van der Waals surface area contributed by atoms with Crippen molar-refractivity contribution in [1.29, 1.82) is 0 Å². The van der Waals surface area contributed by atoms with Crippen molar-refractivity contribution in [1.82, 2.24) is 0 Å². The van der Waals surface area contributed by atoms with Crippen molar-refractivity contribution in [2.24, 2.45) is 0 Å². The van der Waals surface area contributed by atoms with Gasteiger partial charge in [-0.2, -0.15) is 0 Å². The Morgan fingerprint density at radius 3 is 2.44 bits per heavy atom. The summed E-state index contributed by atoms with van der Waals surface area (Å²) in [6.07, 6.45) is -0.433. The number of ether oxygens (including phenoxy) is 2. The second-order valence-electron chi connectivity index (χ2n) is 4.09. The predicted octanol–water partition coefficient (Wildman–Crippen LogP) is 1.04. The Morgan fingerprint density at radius 2 is 1.89 bits per heavy atom. The van der Waals surface area contributed by atoms with Crippen molar-refractivity contribution < 1.29 is 24.2 Å². The van der Waals surface area contributed by atoms with Crippen LogP contribution in [-0.2, 0) is 25.7 Å². The van der Waals surface area contributed by atoms with Gasteiger partial charge in [-0.1, -0.05) is 30.3 Å². The smallest absolute Gasteiger partial charge is 0.338 e. The summed E-state index contributed by atoms with van der Waals surface area (Å²) in [5, 5.41) is 9.79. The van der Waals surface area contributed by atoms with E-state index in [9.17, 15) is 14.7 Å². The molecule has 0 aliphatic rings. The molecule has 0 unspecified atom stereocenters. The molecule has 98 valence electrons. The van der Waals surface area contributed by atoms with E-state index in [1.165, 1.54) is 14.0 Å². The first-order valence-corrected chi connectivity index (χ1v) is 5.46. The second kappa shape index (κ2) is 6.16. The summed E-state index contributed by atoms with van der Waals surface area (Å²) in [5.74, 6) is -1.52. The van der Waals surface area contributed by atoms with Crippen LogP contribution in [0.4, 0.5) is 0 Å². The van der Waals surface area contributed by atoms with E-state index < -0.39 is 24.0 Å². The number of hydrogen-bond acceptors (Lipinski definition) is 5. The summed E-state index contributed by atoms with van der Waals surface area (Å²) in [7, 11) is 1.19. The molecule has 1 rings (SSSR count). The maximum absolute atomic E-state index is 11.6. The van der Waals surface area contributed by atoms with E-state index >= 15 is 0 Å². The van der Waals surface area contributed by atoms with Gasteiger partial charge in [0.05, 0.1) is 13.5 Å². The lowest BCUT2D eigenvalue weighted by molar-refractivity contribution is -0.170. The van der Waals surface area contributed by atoms with Gasteiger partial charge in [0.25, 0.3) is 0 Å². The lowest BCUT2D eigenvalue weighted by Gasteiger charge is -2.19. The van der Waals surface area contributed by atoms with Crippen LogP contribution in [0, 0.1) is 0 Å². The molecule has 0 aliphatic carbocycles. The van der Waals surface area contributed by atoms with Gasteiger partial charge in [-0.25, -0.2) is 4.79 Å². The minimum absolute atomic E-state index is 0.0526. The number of methoxy groups -OCH3 is 1. The molecule has 0 aromatic heterocycles. The van der Waals surface area contributed by atoms with Crippen LogP contribution in [0.2, 0.25) is 0 Å². The molecule has 1 aromatic rings. The van der Waals surface area contributed by atoms with Crippen LogP contribution in [-0.4, -0.2) is 29.8 Å². The Hall–Kier alpha value is -1.88. The second-order valence-corrected chi connectivity index (χ2v) is 4.09. The molecule has 0 spiro atoms. The first-order chi connectivity index (χ1) is 8.45. The molecule has 0 radical (unpaired) electrons. The van der Waals surface area contributed by atoms with Crippen molar-refractivity contribution in [2.45, 2.75) is 25.6 Å². The fraction of sp³-hybridized carbons (Fsp3) is 0.385. The van der Waals surface area contributed by atoms with Crippen LogP contribution in [0.1, 0.15) is 18.9 Å². The normalized spacial score (nSPS) is 13.5. The highest BCUT2D eigenvalue weighted by molar-refractivity contribution is 5.85. The third-order valence-electron chi connectivity index (χ3n) is 2.37. The van der Waals surface area contributed by atoms with Crippen molar-refractivity contribution in [3.63, 3.8) is 0 Å². The number of hydrogen-bond donors (Lipinski definition) is 1. The quantitative estimate of drug-likeness (QED) is 0.793. The highest BCUT2D eigenvalue weighted by Gasteiger charge is 2.35. The number of esters is 2. The number of carbonyl (C=O) groups is 2. The minimum Gasteiger partial charge on any atom is -0.469 e. The van der Waals surface area contributed by atoms with E-state index in [2.05, 4.69) is 4.74 Å². The third kappa shape index (κ3) is 4.18. The summed E-state index contributed by atoms with van der Waals surface area (Å²) in [6.45, 7) is 1.27. The number of aliphatic hydroxyl groups is 1. The molecule has 5 heteroatoms. The minimum atomic E-state index is -1.87. The van der Waals surface area contributed by atoms with E-state index in [0.717, 1.165) is 5.56 Å². The standard InChI is InChI=1S/C13H16O5/c1-13(16,8-11(14)17-2)12(15)18-9-10-6-4-3-5-7-10/h3-7,16H,8-9H2,1-2H3/t13-/m0/s1. The number of rotatable bonds is 5. The zero-order chi connectivity index (χ0) is 13.6. The van der Waals surface area contributed by atoms with E-state index in [0.29, 0.717) is 0 Å². The fourth-order valence-corrected chi connectivity index (χ4v) is 1.30. The maximum Gasteiger partial charge on any atom is 0.338 e. The molecule has 0 saturated heterocycles. The highest BCUT2D eigenvalue weighted by atomic mass is 16.6. The van der Waals surface area contributed by atoms with E-state index in [4.69, 9.17) is 4.74 Å². The van der Waals surface area contributed by atoms with E-state index in [-0.39, 0.29) is 6.61 Å². The van der Waals surface area contributed by atoms with Crippen LogP contribution in [0.3, 0.4) is 0 Å². The van der Waals surface area contributed by atoms with E-state index in [1.807, 2.05) is 18.2 Å². The van der Waals surface area contributed by atoms with Gasteiger partial charge in [0.2, 0.25) is 0 Å². The Balaban J connectivity index is 2.52. The Morgan fingerprint density at radius 1 is 1.28 bits per heavy atom. The van der Waals surface area contributed by atoms with Gasteiger partial charge in [0, 0.05) is 0 Å². The van der Waals surface area contributed by atoms with Gasteiger partial charge < -0.3 is 14.6 Å². The van der Waals surface area contributed by atoms with Crippen molar-refractivity contribution in [3.05, 3.63) is 35.9 Å². The van der Waals surface area contributed by atoms with Crippen LogP contribution in [0.15, 0.2) is 30.3 Å². The topological polar surface area (TPSA) is 72.8 Å². The molecule has 5 nitrogen and oxygen atoms in total. The molecule has 0 saturated carbocycles. The summed E-state index contributed by atoms with van der Waals surface area (Å²) in [4.78, 5) is 22.6. The zero-order valence-electron chi connectivity index (χ0n) is 10.4. The number of carbonyl (C=O) groups excluding carboxylic acids is 2. The van der Waals surface area contributed by atoms with Gasteiger partial charge in [0.1, 0.15) is 6.61 Å². The molecule has 0 amide bonds. The van der Waals surface area contributed by atoms with Crippen LogP contribution in [0.5, 0.6) is 0 Å². The summed E-state index contributed by atoms with van der Waals surface area (Å²) >= 11 is 0.